The molecule has 1 heterocycles. The minimum absolute atomic E-state index is 0.0106. The number of nitrogens with zero attached hydrogens (tertiary/aromatic N) is 1. The predicted molar refractivity (Wildman–Crippen MR) is 95.1 cm³/mol. The quantitative estimate of drug-likeness (QED) is 0.900. The first kappa shape index (κ1) is 18.3. The average Bonchev–Trinajstić information content (AvgIpc) is 2.57. The van der Waals surface area contributed by atoms with Gasteiger partial charge in [-0.2, -0.15) is 0 Å². The van der Waals surface area contributed by atoms with Gasteiger partial charge in [0.1, 0.15) is 5.75 Å². The molecule has 2 rings (SSSR count). The van der Waals surface area contributed by atoms with E-state index in [9.17, 15) is 9.59 Å². The SMILES string of the molecule is CCOc1cc(C)ccc1NC(=O)C1CCN(C(=O)C(C)C)CC1. The monoisotopic (exact) mass is 332 g/mol. The summed E-state index contributed by atoms with van der Waals surface area (Å²) in [5, 5.41) is 2.99. The lowest BCUT2D eigenvalue weighted by atomic mass is 9.95. The number of amides is 2. The highest BCUT2D eigenvalue weighted by molar-refractivity contribution is 5.94. The molecule has 5 heteroatoms. The van der Waals surface area contributed by atoms with Crippen LogP contribution in [0.25, 0.3) is 0 Å². The first-order chi connectivity index (χ1) is 11.4. The largest absolute Gasteiger partial charge is 0.492 e. The van der Waals surface area contributed by atoms with Crippen molar-refractivity contribution in [1.29, 1.82) is 0 Å². The van der Waals surface area contributed by atoms with E-state index in [-0.39, 0.29) is 23.7 Å². The molecule has 5 nitrogen and oxygen atoms in total. The first-order valence-corrected chi connectivity index (χ1v) is 8.75. The smallest absolute Gasteiger partial charge is 0.227 e. The van der Waals surface area contributed by atoms with Crippen molar-refractivity contribution in [2.24, 2.45) is 11.8 Å². The number of likely N-dealkylation sites (tertiary alicyclic amines) is 1. The first-order valence-electron chi connectivity index (χ1n) is 8.75. The Morgan fingerprint density at radius 3 is 2.54 bits per heavy atom. The lowest BCUT2D eigenvalue weighted by molar-refractivity contribution is -0.137. The molecule has 1 aromatic carbocycles. The summed E-state index contributed by atoms with van der Waals surface area (Å²) in [7, 11) is 0. The molecule has 1 fully saturated rings. The zero-order valence-electron chi connectivity index (χ0n) is 15.1. The van der Waals surface area contributed by atoms with Crippen LogP contribution < -0.4 is 10.1 Å². The van der Waals surface area contributed by atoms with Crippen molar-refractivity contribution in [3.05, 3.63) is 23.8 Å². The van der Waals surface area contributed by atoms with Crippen molar-refractivity contribution >= 4 is 17.5 Å². The van der Waals surface area contributed by atoms with Crippen molar-refractivity contribution < 1.29 is 14.3 Å². The Hall–Kier alpha value is -2.04. The second kappa shape index (κ2) is 8.18. The van der Waals surface area contributed by atoms with Gasteiger partial charge in [0.05, 0.1) is 12.3 Å². The van der Waals surface area contributed by atoms with E-state index in [1.807, 2.05) is 50.8 Å². The molecular formula is C19H28N2O3. The third kappa shape index (κ3) is 4.49. The molecule has 132 valence electrons. The summed E-state index contributed by atoms with van der Waals surface area (Å²) < 4.78 is 5.61. The second-order valence-electron chi connectivity index (χ2n) is 6.68. The molecule has 1 saturated heterocycles. The van der Waals surface area contributed by atoms with Crippen LogP contribution in [-0.4, -0.2) is 36.4 Å². The Bertz CT molecular complexity index is 590. The molecule has 0 atom stereocenters. The topological polar surface area (TPSA) is 58.6 Å². The summed E-state index contributed by atoms with van der Waals surface area (Å²) >= 11 is 0. The average molecular weight is 332 g/mol. The zero-order valence-corrected chi connectivity index (χ0v) is 15.1. The number of hydrogen-bond donors (Lipinski definition) is 1. The highest BCUT2D eigenvalue weighted by Crippen LogP contribution is 2.28. The number of rotatable bonds is 5. The Labute approximate surface area is 144 Å². The van der Waals surface area contributed by atoms with E-state index >= 15 is 0 Å². The molecule has 0 aromatic heterocycles. The van der Waals surface area contributed by atoms with Crippen LogP contribution in [0, 0.1) is 18.8 Å². The maximum atomic E-state index is 12.5. The van der Waals surface area contributed by atoms with Gasteiger partial charge in [0.25, 0.3) is 0 Å². The van der Waals surface area contributed by atoms with E-state index in [1.165, 1.54) is 0 Å². The summed E-state index contributed by atoms with van der Waals surface area (Å²) in [6.45, 7) is 9.61. The van der Waals surface area contributed by atoms with Gasteiger partial charge >= 0.3 is 0 Å². The molecule has 1 N–H and O–H groups in total. The van der Waals surface area contributed by atoms with Crippen LogP contribution in [-0.2, 0) is 9.59 Å². The molecule has 0 saturated carbocycles. The van der Waals surface area contributed by atoms with E-state index in [4.69, 9.17) is 4.74 Å². The minimum Gasteiger partial charge on any atom is -0.492 e. The number of aryl methyl sites for hydroxylation is 1. The Morgan fingerprint density at radius 2 is 1.96 bits per heavy atom. The lowest BCUT2D eigenvalue weighted by Gasteiger charge is -2.32. The van der Waals surface area contributed by atoms with E-state index in [2.05, 4.69) is 5.32 Å². The number of hydrogen-bond acceptors (Lipinski definition) is 3. The lowest BCUT2D eigenvalue weighted by Crippen LogP contribution is -2.43. The van der Waals surface area contributed by atoms with Crippen LogP contribution in [0.1, 0.15) is 39.2 Å². The number of ether oxygens (including phenoxy) is 1. The fourth-order valence-corrected chi connectivity index (χ4v) is 2.97. The molecular weight excluding hydrogens is 304 g/mol. The molecule has 24 heavy (non-hydrogen) atoms. The Morgan fingerprint density at radius 1 is 1.29 bits per heavy atom. The number of anilines is 1. The van der Waals surface area contributed by atoms with Crippen molar-refractivity contribution in [3.63, 3.8) is 0 Å². The standard InChI is InChI=1S/C19H28N2O3/c1-5-24-17-12-14(4)6-7-16(17)20-18(22)15-8-10-21(11-9-15)19(23)13(2)3/h6-7,12-13,15H,5,8-11H2,1-4H3,(H,20,22). The van der Waals surface area contributed by atoms with Gasteiger partial charge < -0.3 is 15.0 Å². The van der Waals surface area contributed by atoms with E-state index in [1.54, 1.807) is 0 Å². The maximum Gasteiger partial charge on any atom is 0.227 e. The van der Waals surface area contributed by atoms with Gasteiger partial charge in [-0.15, -0.1) is 0 Å². The van der Waals surface area contributed by atoms with Crippen LogP contribution in [0.4, 0.5) is 5.69 Å². The number of carbonyl (C=O) groups excluding carboxylic acids is 2. The predicted octanol–water partition coefficient (Wildman–Crippen LogP) is 3.23. The van der Waals surface area contributed by atoms with E-state index < -0.39 is 0 Å². The zero-order chi connectivity index (χ0) is 17.7. The molecule has 0 unspecified atom stereocenters. The number of benzene rings is 1. The fourth-order valence-electron chi connectivity index (χ4n) is 2.97. The molecule has 1 aliphatic heterocycles. The number of piperidine rings is 1. The van der Waals surface area contributed by atoms with Crippen LogP contribution in [0.3, 0.4) is 0 Å². The van der Waals surface area contributed by atoms with E-state index in [0.29, 0.717) is 44.0 Å². The third-order valence-electron chi connectivity index (χ3n) is 4.37. The summed E-state index contributed by atoms with van der Waals surface area (Å²) in [5.41, 5.74) is 1.81. The van der Waals surface area contributed by atoms with Crippen molar-refractivity contribution in [3.8, 4) is 5.75 Å². The second-order valence-corrected chi connectivity index (χ2v) is 6.68. The van der Waals surface area contributed by atoms with Gasteiger partial charge in [0, 0.05) is 24.9 Å². The summed E-state index contributed by atoms with van der Waals surface area (Å²) in [4.78, 5) is 26.4. The highest BCUT2D eigenvalue weighted by atomic mass is 16.5. The summed E-state index contributed by atoms with van der Waals surface area (Å²) in [6, 6.07) is 5.78. The van der Waals surface area contributed by atoms with Crippen LogP contribution >= 0.6 is 0 Å². The number of carbonyl (C=O) groups is 2. The van der Waals surface area contributed by atoms with Gasteiger partial charge in [-0.3, -0.25) is 9.59 Å². The van der Waals surface area contributed by atoms with Crippen molar-refractivity contribution in [2.45, 2.75) is 40.5 Å². The van der Waals surface area contributed by atoms with Crippen LogP contribution in [0.15, 0.2) is 18.2 Å². The van der Waals surface area contributed by atoms with Gasteiger partial charge in [0.2, 0.25) is 11.8 Å². The van der Waals surface area contributed by atoms with Crippen molar-refractivity contribution in [1.82, 2.24) is 4.90 Å². The van der Waals surface area contributed by atoms with Gasteiger partial charge in [-0.1, -0.05) is 19.9 Å². The molecule has 1 aromatic rings. The molecule has 0 radical (unpaired) electrons. The van der Waals surface area contributed by atoms with Gasteiger partial charge in [-0.05, 0) is 44.4 Å². The van der Waals surface area contributed by atoms with Crippen molar-refractivity contribution in [2.75, 3.05) is 25.0 Å². The molecule has 1 aliphatic rings. The number of nitrogens with one attached hydrogen (secondary N) is 1. The Kier molecular flexibility index (Phi) is 6.23. The molecule has 0 aliphatic carbocycles. The third-order valence-corrected chi connectivity index (χ3v) is 4.37. The summed E-state index contributed by atoms with van der Waals surface area (Å²) in [5.74, 6) is 0.842. The normalized spacial score (nSPS) is 15.5. The van der Waals surface area contributed by atoms with Crippen LogP contribution in [0.5, 0.6) is 5.75 Å². The van der Waals surface area contributed by atoms with Crippen LogP contribution in [0.2, 0.25) is 0 Å². The van der Waals surface area contributed by atoms with Gasteiger partial charge in [-0.25, -0.2) is 0 Å². The minimum atomic E-state index is -0.0583. The molecule has 0 bridgehead atoms. The Balaban J connectivity index is 1.96. The fraction of sp³-hybridized carbons (Fsp3) is 0.579. The summed E-state index contributed by atoms with van der Waals surface area (Å²) in [6.07, 6.45) is 1.42. The maximum absolute atomic E-state index is 12.5. The molecule has 2 amide bonds. The molecule has 0 spiro atoms. The van der Waals surface area contributed by atoms with E-state index in [0.717, 1.165) is 5.56 Å². The highest BCUT2D eigenvalue weighted by Gasteiger charge is 2.28. The van der Waals surface area contributed by atoms with Gasteiger partial charge in [0.15, 0.2) is 0 Å².